The van der Waals surface area contributed by atoms with E-state index in [0.29, 0.717) is 11.7 Å². The number of benzene rings is 2. The first-order valence-corrected chi connectivity index (χ1v) is 8.89. The van der Waals surface area contributed by atoms with Gasteiger partial charge < -0.3 is 25.4 Å². The average molecular weight is 353 g/mol. The summed E-state index contributed by atoms with van der Waals surface area (Å²) in [5.41, 5.74) is 10.2. The summed E-state index contributed by atoms with van der Waals surface area (Å²) >= 11 is 0. The van der Waals surface area contributed by atoms with Crippen LogP contribution < -0.4 is 25.4 Å². The van der Waals surface area contributed by atoms with Gasteiger partial charge in [-0.05, 0) is 44.0 Å². The molecule has 2 aromatic rings. The Labute approximate surface area is 155 Å². The predicted molar refractivity (Wildman–Crippen MR) is 107 cm³/mol. The molecule has 1 unspecified atom stereocenters. The molecule has 1 atom stereocenters. The number of anilines is 1. The van der Waals surface area contributed by atoms with Gasteiger partial charge in [-0.15, -0.1) is 0 Å². The normalized spacial score (nSPS) is 16.8. The van der Waals surface area contributed by atoms with Gasteiger partial charge in [-0.1, -0.05) is 6.07 Å². The van der Waals surface area contributed by atoms with Crippen molar-refractivity contribution in [2.24, 2.45) is 5.73 Å². The van der Waals surface area contributed by atoms with Gasteiger partial charge in [0.1, 0.15) is 17.2 Å². The molecule has 0 saturated carbocycles. The lowest BCUT2D eigenvalue weighted by atomic mass is 9.93. The molecule has 0 spiro atoms. The van der Waals surface area contributed by atoms with Crippen LogP contribution in [0.15, 0.2) is 42.6 Å². The zero-order valence-corrected chi connectivity index (χ0v) is 15.9. The number of nitrogens with two attached hydrogens (primary N) is 1. The van der Waals surface area contributed by atoms with Crippen molar-refractivity contribution in [3.8, 4) is 17.2 Å². The first-order chi connectivity index (χ1) is 12.5. The van der Waals surface area contributed by atoms with Crippen molar-refractivity contribution in [1.29, 1.82) is 0 Å². The molecule has 0 bridgehead atoms. The minimum absolute atomic E-state index is 0.503. The maximum absolute atomic E-state index is 6.35. The summed E-state index contributed by atoms with van der Waals surface area (Å²) in [7, 11) is 5.62. The van der Waals surface area contributed by atoms with Crippen molar-refractivity contribution < 1.29 is 9.47 Å². The van der Waals surface area contributed by atoms with Crippen molar-refractivity contribution in [3.63, 3.8) is 0 Å². The molecule has 138 valence electrons. The smallest absolute Gasteiger partial charge is 0.142 e. The van der Waals surface area contributed by atoms with E-state index in [4.69, 9.17) is 15.2 Å². The van der Waals surface area contributed by atoms with Crippen LogP contribution in [0.25, 0.3) is 5.70 Å². The molecule has 1 heterocycles. The summed E-state index contributed by atoms with van der Waals surface area (Å²) in [4.78, 5) is 2.30. The molecule has 26 heavy (non-hydrogen) atoms. The molecular formula is C21H27N3O2. The molecule has 0 radical (unpaired) electrons. The van der Waals surface area contributed by atoms with Crippen LogP contribution in [0.1, 0.15) is 24.5 Å². The minimum Gasteiger partial charge on any atom is -0.497 e. The van der Waals surface area contributed by atoms with Crippen LogP contribution in [0.2, 0.25) is 0 Å². The van der Waals surface area contributed by atoms with Crippen LogP contribution in [0.5, 0.6) is 17.2 Å². The number of nitrogens with one attached hydrogen (secondary N) is 1. The fourth-order valence-corrected chi connectivity index (χ4v) is 3.33. The van der Waals surface area contributed by atoms with Crippen LogP contribution >= 0.6 is 0 Å². The number of hydrogen-bond donors (Lipinski definition) is 2. The lowest BCUT2D eigenvalue weighted by Gasteiger charge is -2.35. The van der Waals surface area contributed by atoms with E-state index in [1.165, 1.54) is 11.3 Å². The second-order valence-corrected chi connectivity index (χ2v) is 6.61. The fourth-order valence-electron chi connectivity index (χ4n) is 3.33. The molecule has 0 amide bonds. The molecule has 3 N–H and O–H groups in total. The maximum atomic E-state index is 6.35. The molecule has 5 heteroatoms. The van der Waals surface area contributed by atoms with E-state index in [-0.39, 0.29) is 0 Å². The number of ether oxygens (including phenoxy) is 2. The molecule has 0 aromatic heterocycles. The fraction of sp³-hybridized carbons (Fsp3) is 0.333. The number of methoxy groups -OCH3 is 1. The first-order valence-electron chi connectivity index (χ1n) is 8.89. The summed E-state index contributed by atoms with van der Waals surface area (Å²) < 4.78 is 11.7. The highest BCUT2D eigenvalue weighted by atomic mass is 16.5. The van der Waals surface area contributed by atoms with Crippen molar-refractivity contribution in [2.75, 3.05) is 26.1 Å². The van der Waals surface area contributed by atoms with Crippen LogP contribution in [0.4, 0.5) is 5.69 Å². The summed E-state index contributed by atoms with van der Waals surface area (Å²) in [6.07, 6.45) is 3.83. The van der Waals surface area contributed by atoms with Crippen molar-refractivity contribution >= 4 is 11.4 Å². The number of nitrogens with zero attached hydrogens (tertiary/aromatic N) is 1. The monoisotopic (exact) mass is 353 g/mol. The van der Waals surface area contributed by atoms with Crippen LogP contribution in [-0.2, 0) is 6.42 Å². The van der Waals surface area contributed by atoms with E-state index >= 15 is 0 Å². The third-order valence-corrected chi connectivity index (χ3v) is 4.96. The van der Waals surface area contributed by atoms with E-state index in [9.17, 15) is 0 Å². The highest BCUT2D eigenvalue weighted by Gasteiger charge is 2.25. The Morgan fingerprint density at radius 1 is 1.27 bits per heavy atom. The number of fused-ring (bicyclic) bond motifs is 1. The standard InChI is InChI=1S/C21H27N3O2/c1-14-8-9-18-20(24(14)3)11-10-17(19(22)13-23-2)21(18)26-16-7-5-6-15(12-16)25-4/h5-7,10-14,23H,8-9,22H2,1-4H3/b19-13-. The molecular weight excluding hydrogens is 326 g/mol. The zero-order valence-electron chi connectivity index (χ0n) is 15.9. The van der Waals surface area contributed by atoms with E-state index in [0.717, 1.165) is 35.7 Å². The quantitative estimate of drug-likeness (QED) is 0.858. The van der Waals surface area contributed by atoms with Crippen LogP contribution in [0, 0.1) is 0 Å². The summed E-state index contributed by atoms with van der Waals surface area (Å²) in [5, 5.41) is 3.00. The van der Waals surface area contributed by atoms with Gasteiger partial charge in [0.25, 0.3) is 0 Å². The summed E-state index contributed by atoms with van der Waals surface area (Å²) in [6, 6.07) is 12.3. The largest absolute Gasteiger partial charge is 0.497 e. The summed E-state index contributed by atoms with van der Waals surface area (Å²) in [6.45, 7) is 2.24. The van der Waals surface area contributed by atoms with Gasteiger partial charge in [0.05, 0.1) is 12.8 Å². The number of hydrogen-bond acceptors (Lipinski definition) is 5. The van der Waals surface area contributed by atoms with Crippen molar-refractivity contribution in [2.45, 2.75) is 25.8 Å². The van der Waals surface area contributed by atoms with E-state index in [1.807, 2.05) is 37.4 Å². The van der Waals surface area contributed by atoms with Gasteiger partial charge in [-0.3, -0.25) is 0 Å². The first kappa shape index (κ1) is 18.0. The lowest BCUT2D eigenvalue weighted by molar-refractivity contribution is 0.408. The lowest BCUT2D eigenvalue weighted by Crippen LogP contribution is -2.33. The van der Waals surface area contributed by atoms with Crippen LogP contribution in [-0.4, -0.2) is 27.2 Å². The van der Waals surface area contributed by atoms with Gasteiger partial charge in [0.2, 0.25) is 0 Å². The third kappa shape index (κ3) is 3.43. The van der Waals surface area contributed by atoms with Gasteiger partial charge in [-0.25, -0.2) is 0 Å². The van der Waals surface area contributed by atoms with E-state index < -0.39 is 0 Å². The topological polar surface area (TPSA) is 59.8 Å². The Bertz CT molecular complexity index is 817. The molecule has 3 rings (SSSR count). The average Bonchev–Trinajstić information content (AvgIpc) is 2.65. The molecule has 0 aliphatic carbocycles. The van der Waals surface area contributed by atoms with Gasteiger partial charge in [0.15, 0.2) is 0 Å². The highest BCUT2D eigenvalue weighted by Crippen LogP contribution is 2.42. The molecule has 1 aliphatic rings. The molecule has 1 aliphatic heterocycles. The Morgan fingerprint density at radius 2 is 2.04 bits per heavy atom. The maximum Gasteiger partial charge on any atom is 0.142 e. The molecule has 5 nitrogen and oxygen atoms in total. The van der Waals surface area contributed by atoms with Crippen LogP contribution in [0.3, 0.4) is 0 Å². The van der Waals surface area contributed by atoms with E-state index in [2.05, 4.69) is 30.3 Å². The predicted octanol–water partition coefficient (Wildman–Crippen LogP) is 3.73. The van der Waals surface area contributed by atoms with E-state index in [1.54, 1.807) is 13.3 Å². The third-order valence-electron chi connectivity index (χ3n) is 4.96. The Balaban J connectivity index is 2.11. The van der Waals surface area contributed by atoms with Gasteiger partial charge >= 0.3 is 0 Å². The minimum atomic E-state index is 0.503. The molecule has 2 aromatic carbocycles. The molecule has 0 fully saturated rings. The second-order valence-electron chi connectivity index (χ2n) is 6.61. The van der Waals surface area contributed by atoms with Crippen molar-refractivity contribution in [3.05, 3.63) is 53.7 Å². The van der Waals surface area contributed by atoms with Gasteiger partial charge in [-0.2, -0.15) is 0 Å². The SMILES string of the molecule is CN/C=C(\N)c1ccc2c(c1Oc1cccc(OC)c1)CCC(C)N2C. The van der Waals surface area contributed by atoms with Gasteiger partial charge in [0, 0.05) is 49.2 Å². The number of rotatable bonds is 5. The van der Waals surface area contributed by atoms with Crippen molar-refractivity contribution in [1.82, 2.24) is 5.32 Å². The Morgan fingerprint density at radius 3 is 2.77 bits per heavy atom. The molecule has 0 saturated heterocycles. The second kappa shape index (κ2) is 7.60. The Hall–Kier alpha value is -2.82. The zero-order chi connectivity index (χ0) is 18.7. The summed E-state index contributed by atoms with van der Waals surface area (Å²) in [5.74, 6) is 2.31. The highest BCUT2D eigenvalue weighted by molar-refractivity contribution is 5.75. The Kier molecular flexibility index (Phi) is 5.26.